The van der Waals surface area contributed by atoms with E-state index in [1.807, 2.05) is 0 Å². The van der Waals surface area contributed by atoms with Crippen LogP contribution < -0.4 is 0 Å². The van der Waals surface area contributed by atoms with Crippen molar-refractivity contribution in [3.8, 4) is 0 Å². The van der Waals surface area contributed by atoms with Gasteiger partial charge in [-0.25, -0.2) is 0 Å². The molecule has 0 saturated carbocycles. The van der Waals surface area contributed by atoms with Gasteiger partial charge in [-0.1, -0.05) is 3.89 Å². The van der Waals surface area contributed by atoms with Crippen molar-refractivity contribution in [1.82, 2.24) is 4.31 Å². The van der Waals surface area contributed by atoms with E-state index < -0.39 is 10.4 Å². The summed E-state index contributed by atoms with van der Waals surface area (Å²) in [5.41, 5.74) is 0. The molecular formula is C5H10FNO3S. The summed E-state index contributed by atoms with van der Waals surface area (Å²) in [4.78, 5) is 0. The molecule has 0 amide bonds. The van der Waals surface area contributed by atoms with Crippen LogP contribution in [0.4, 0.5) is 3.89 Å². The second-order valence-corrected chi connectivity index (χ2v) is 3.98. The van der Waals surface area contributed by atoms with E-state index in [-0.39, 0.29) is 25.6 Å². The maximum Gasteiger partial charge on any atom is 0.374 e. The minimum atomic E-state index is -4.52. The van der Waals surface area contributed by atoms with Crippen molar-refractivity contribution in [2.75, 3.05) is 19.7 Å². The van der Waals surface area contributed by atoms with Gasteiger partial charge >= 0.3 is 10.4 Å². The van der Waals surface area contributed by atoms with Crippen LogP contribution in [0.25, 0.3) is 0 Å². The average molecular weight is 183 g/mol. The van der Waals surface area contributed by atoms with E-state index in [2.05, 4.69) is 0 Å². The monoisotopic (exact) mass is 183 g/mol. The van der Waals surface area contributed by atoms with Gasteiger partial charge in [0.1, 0.15) is 0 Å². The number of nitrogens with zero attached hydrogens (tertiary/aromatic N) is 1. The third-order valence-electron chi connectivity index (χ3n) is 1.82. The highest BCUT2D eigenvalue weighted by Gasteiger charge is 2.30. The lowest BCUT2D eigenvalue weighted by molar-refractivity contribution is 0.232. The fraction of sp³-hybridized carbons (Fsp3) is 1.00. The lowest BCUT2D eigenvalue weighted by Crippen LogP contribution is -2.25. The van der Waals surface area contributed by atoms with Gasteiger partial charge in [0.15, 0.2) is 0 Å². The van der Waals surface area contributed by atoms with Gasteiger partial charge in [-0.05, 0) is 12.3 Å². The lowest BCUT2D eigenvalue weighted by Gasteiger charge is -2.08. The van der Waals surface area contributed by atoms with Crippen LogP contribution in [0.15, 0.2) is 0 Å². The summed E-state index contributed by atoms with van der Waals surface area (Å²) in [5.74, 6) is -0.0967. The molecule has 1 heterocycles. The molecular weight excluding hydrogens is 173 g/mol. The van der Waals surface area contributed by atoms with E-state index in [0.29, 0.717) is 6.42 Å². The highest BCUT2D eigenvalue weighted by Crippen LogP contribution is 2.19. The summed E-state index contributed by atoms with van der Waals surface area (Å²) in [6.45, 7) is 0.214. The minimum Gasteiger partial charge on any atom is -0.396 e. The van der Waals surface area contributed by atoms with E-state index in [1.165, 1.54) is 0 Å². The molecule has 0 radical (unpaired) electrons. The summed E-state index contributed by atoms with van der Waals surface area (Å²) in [7, 11) is -4.52. The Labute approximate surface area is 65.0 Å². The Morgan fingerprint density at radius 1 is 1.64 bits per heavy atom. The summed E-state index contributed by atoms with van der Waals surface area (Å²) in [6, 6.07) is 0. The zero-order chi connectivity index (χ0) is 8.48. The third-order valence-corrected chi connectivity index (χ3v) is 2.76. The highest BCUT2D eigenvalue weighted by molar-refractivity contribution is 7.83. The molecule has 0 aliphatic carbocycles. The van der Waals surface area contributed by atoms with Crippen LogP contribution >= 0.6 is 0 Å². The number of hydrogen-bond donors (Lipinski definition) is 1. The molecule has 1 rings (SSSR count). The summed E-state index contributed by atoms with van der Waals surface area (Å²) < 4.78 is 33.5. The van der Waals surface area contributed by atoms with Crippen LogP contribution in [0.2, 0.25) is 0 Å². The molecule has 1 aliphatic rings. The van der Waals surface area contributed by atoms with Gasteiger partial charge in [0.2, 0.25) is 0 Å². The topological polar surface area (TPSA) is 57.6 Å². The number of rotatable bonds is 2. The molecule has 0 aromatic rings. The molecule has 4 nitrogen and oxygen atoms in total. The second-order valence-electron chi connectivity index (χ2n) is 2.64. The molecule has 0 aromatic carbocycles. The Bertz CT molecular complexity index is 228. The van der Waals surface area contributed by atoms with Crippen LogP contribution in [0, 0.1) is 5.92 Å². The fourth-order valence-corrected chi connectivity index (χ4v) is 1.86. The molecule has 11 heavy (non-hydrogen) atoms. The predicted molar refractivity (Wildman–Crippen MR) is 36.8 cm³/mol. The van der Waals surface area contributed by atoms with E-state index in [1.54, 1.807) is 0 Å². The Morgan fingerprint density at radius 3 is 2.55 bits per heavy atom. The quantitative estimate of drug-likeness (QED) is 0.588. The van der Waals surface area contributed by atoms with Crippen molar-refractivity contribution in [2.24, 2.45) is 5.92 Å². The van der Waals surface area contributed by atoms with Crippen molar-refractivity contribution >= 4 is 10.4 Å². The standard InChI is InChI=1S/C5H10FNO3S/c6-11(9,10)7-2-1-5(3-7)4-8/h5,8H,1-4H2/t5-/m0/s1. The first-order valence-electron chi connectivity index (χ1n) is 3.34. The SMILES string of the molecule is O=S(=O)(F)N1CC[C@H](CO)C1. The van der Waals surface area contributed by atoms with E-state index in [9.17, 15) is 12.3 Å². The van der Waals surface area contributed by atoms with Crippen LogP contribution in [0.3, 0.4) is 0 Å². The van der Waals surface area contributed by atoms with E-state index in [0.717, 1.165) is 4.31 Å². The van der Waals surface area contributed by atoms with Gasteiger partial charge in [0.05, 0.1) is 0 Å². The molecule has 1 aliphatic heterocycles. The molecule has 1 saturated heterocycles. The van der Waals surface area contributed by atoms with Crippen LogP contribution in [0.5, 0.6) is 0 Å². The van der Waals surface area contributed by atoms with Gasteiger partial charge in [0.25, 0.3) is 0 Å². The van der Waals surface area contributed by atoms with Crippen LogP contribution in [-0.4, -0.2) is 37.5 Å². The predicted octanol–water partition coefficient (Wildman–Crippen LogP) is -0.485. The van der Waals surface area contributed by atoms with Crippen molar-refractivity contribution in [2.45, 2.75) is 6.42 Å². The highest BCUT2D eigenvalue weighted by atomic mass is 32.3. The van der Waals surface area contributed by atoms with E-state index >= 15 is 0 Å². The average Bonchev–Trinajstić information content (AvgIpc) is 2.32. The zero-order valence-corrected chi connectivity index (χ0v) is 6.72. The molecule has 0 aromatic heterocycles. The molecule has 1 atom stereocenters. The first kappa shape index (κ1) is 8.89. The fourth-order valence-electron chi connectivity index (χ4n) is 1.14. The molecule has 1 N–H and O–H groups in total. The largest absolute Gasteiger partial charge is 0.396 e. The number of halogens is 1. The van der Waals surface area contributed by atoms with Crippen molar-refractivity contribution in [3.05, 3.63) is 0 Å². The van der Waals surface area contributed by atoms with Gasteiger partial charge in [-0.15, -0.1) is 0 Å². The number of aliphatic hydroxyl groups is 1. The zero-order valence-electron chi connectivity index (χ0n) is 5.90. The first-order chi connectivity index (χ1) is 5.04. The number of hydrogen-bond acceptors (Lipinski definition) is 3. The molecule has 66 valence electrons. The van der Waals surface area contributed by atoms with Gasteiger partial charge in [-0.2, -0.15) is 12.7 Å². The maximum atomic E-state index is 12.2. The molecule has 0 bridgehead atoms. The van der Waals surface area contributed by atoms with Gasteiger partial charge in [0, 0.05) is 19.7 Å². The molecule has 0 spiro atoms. The third kappa shape index (κ3) is 2.11. The van der Waals surface area contributed by atoms with Gasteiger partial charge < -0.3 is 5.11 Å². The Kier molecular flexibility index (Phi) is 2.46. The van der Waals surface area contributed by atoms with E-state index in [4.69, 9.17) is 5.11 Å². The Hall–Kier alpha value is -0.200. The number of aliphatic hydroxyl groups excluding tert-OH is 1. The first-order valence-corrected chi connectivity index (χ1v) is 4.68. The Balaban J connectivity index is 2.55. The normalized spacial score (nSPS) is 27.6. The maximum absolute atomic E-state index is 12.2. The summed E-state index contributed by atoms with van der Waals surface area (Å²) in [5, 5.41) is 8.61. The van der Waals surface area contributed by atoms with Crippen molar-refractivity contribution in [1.29, 1.82) is 0 Å². The molecule has 6 heteroatoms. The molecule has 0 unspecified atom stereocenters. The summed E-state index contributed by atoms with van der Waals surface area (Å²) in [6.07, 6.45) is 0.541. The van der Waals surface area contributed by atoms with Gasteiger partial charge in [-0.3, -0.25) is 0 Å². The molecule has 1 fully saturated rings. The van der Waals surface area contributed by atoms with Crippen molar-refractivity contribution < 1.29 is 17.4 Å². The van der Waals surface area contributed by atoms with Crippen LogP contribution in [0.1, 0.15) is 6.42 Å². The minimum absolute atomic E-state index is 0.0774. The lowest BCUT2D eigenvalue weighted by atomic mass is 10.1. The smallest absolute Gasteiger partial charge is 0.374 e. The second kappa shape index (κ2) is 3.04. The Morgan fingerprint density at radius 2 is 2.27 bits per heavy atom. The summed E-state index contributed by atoms with van der Waals surface area (Å²) >= 11 is 0. The van der Waals surface area contributed by atoms with Crippen LogP contribution in [-0.2, 0) is 10.4 Å². The van der Waals surface area contributed by atoms with Crippen molar-refractivity contribution in [3.63, 3.8) is 0 Å².